The van der Waals surface area contributed by atoms with Crippen LogP contribution in [0.1, 0.15) is 20.8 Å². The Bertz CT molecular complexity index is 256. The predicted octanol–water partition coefficient (Wildman–Crippen LogP) is 0.760. The molecule has 4 nitrogen and oxygen atoms in total. The first-order valence-corrected chi connectivity index (χ1v) is 4.36. The van der Waals surface area contributed by atoms with Crippen LogP contribution in [0.25, 0.3) is 0 Å². The van der Waals surface area contributed by atoms with Crippen LogP contribution in [0.5, 0.6) is 0 Å². The van der Waals surface area contributed by atoms with Crippen LogP contribution in [0.15, 0.2) is 11.3 Å². The first-order chi connectivity index (χ1) is 6.03. The molecule has 0 radical (unpaired) electrons. The number of rotatable bonds is 1. The van der Waals surface area contributed by atoms with Crippen LogP contribution in [0, 0.1) is 0 Å². The van der Waals surface area contributed by atoms with E-state index >= 15 is 0 Å². The first kappa shape index (κ1) is 8.99. The van der Waals surface area contributed by atoms with Gasteiger partial charge in [-0.25, -0.2) is 0 Å². The van der Waals surface area contributed by atoms with Crippen molar-refractivity contribution in [3.8, 4) is 0 Å². The molecule has 4 heteroatoms. The van der Waals surface area contributed by atoms with E-state index in [4.69, 9.17) is 19.3 Å². The van der Waals surface area contributed by atoms with Gasteiger partial charge in [0, 0.05) is 5.57 Å². The third kappa shape index (κ3) is 1.35. The van der Waals surface area contributed by atoms with E-state index in [0.29, 0.717) is 5.76 Å². The highest BCUT2D eigenvalue weighted by molar-refractivity contribution is 5.19. The van der Waals surface area contributed by atoms with Crippen LogP contribution in [0.3, 0.4) is 0 Å². The van der Waals surface area contributed by atoms with Crippen molar-refractivity contribution >= 4 is 0 Å². The molecular weight excluding hydrogens is 172 g/mol. The third-order valence-corrected chi connectivity index (χ3v) is 2.33. The van der Waals surface area contributed by atoms with Crippen LogP contribution in [0.2, 0.25) is 0 Å². The Morgan fingerprint density at radius 2 is 2.08 bits per heavy atom. The Morgan fingerprint density at radius 3 is 2.62 bits per heavy atom. The van der Waals surface area contributed by atoms with E-state index in [-0.39, 0.29) is 19.0 Å². The van der Waals surface area contributed by atoms with Gasteiger partial charge in [0.15, 0.2) is 5.79 Å². The van der Waals surface area contributed by atoms with Gasteiger partial charge < -0.3 is 19.3 Å². The highest BCUT2D eigenvalue weighted by Crippen LogP contribution is 2.39. The second-order valence-electron chi connectivity index (χ2n) is 3.81. The van der Waals surface area contributed by atoms with Crippen molar-refractivity contribution in [1.82, 2.24) is 0 Å². The van der Waals surface area contributed by atoms with E-state index < -0.39 is 5.79 Å². The van der Waals surface area contributed by atoms with Crippen LogP contribution in [-0.4, -0.2) is 29.9 Å². The molecule has 0 aromatic carbocycles. The molecule has 0 aromatic rings. The van der Waals surface area contributed by atoms with Crippen molar-refractivity contribution in [2.24, 2.45) is 0 Å². The molecule has 0 spiro atoms. The summed E-state index contributed by atoms with van der Waals surface area (Å²) in [5.41, 5.74) is 0.929. The largest absolute Gasteiger partial charge is 0.463 e. The van der Waals surface area contributed by atoms with Gasteiger partial charge in [0.25, 0.3) is 0 Å². The summed E-state index contributed by atoms with van der Waals surface area (Å²) < 4.78 is 16.4. The van der Waals surface area contributed by atoms with Crippen LogP contribution in [0.4, 0.5) is 0 Å². The molecule has 2 unspecified atom stereocenters. The molecule has 0 aromatic heterocycles. The predicted molar refractivity (Wildman–Crippen MR) is 44.7 cm³/mol. The summed E-state index contributed by atoms with van der Waals surface area (Å²) in [4.78, 5) is 0. The molecule has 2 atom stereocenters. The second kappa shape index (κ2) is 2.70. The van der Waals surface area contributed by atoms with Gasteiger partial charge in [-0.2, -0.15) is 0 Å². The van der Waals surface area contributed by atoms with E-state index in [1.165, 1.54) is 0 Å². The maximum Gasteiger partial charge on any atom is 0.232 e. The van der Waals surface area contributed by atoms with Crippen LogP contribution in [-0.2, 0) is 14.2 Å². The Labute approximate surface area is 77.1 Å². The number of aliphatic hydroxyl groups is 1. The van der Waals surface area contributed by atoms with Crippen molar-refractivity contribution in [2.45, 2.75) is 39.0 Å². The molecule has 1 fully saturated rings. The van der Waals surface area contributed by atoms with Crippen LogP contribution < -0.4 is 0 Å². The average Bonchev–Trinajstić information content (AvgIpc) is 2.47. The number of fused-ring (bicyclic) bond motifs is 1. The van der Waals surface area contributed by atoms with Crippen molar-refractivity contribution in [2.75, 3.05) is 6.61 Å². The molecule has 2 heterocycles. The summed E-state index contributed by atoms with van der Waals surface area (Å²) in [6.45, 7) is 5.49. The number of hydrogen-bond acceptors (Lipinski definition) is 4. The Kier molecular flexibility index (Phi) is 1.87. The standard InChI is InChI=1S/C9H14O4/c1-5-6(4-10)11-8-7(5)12-9(2,3)13-8/h7-8,10H,4H2,1-3H3. The van der Waals surface area contributed by atoms with Crippen LogP contribution >= 0.6 is 0 Å². The van der Waals surface area contributed by atoms with Crippen molar-refractivity contribution < 1.29 is 19.3 Å². The van der Waals surface area contributed by atoms with Gasteiger partial charge in [-0.3, -0.25) is 0 Å². The summed E-state index contributed by atoms with van der Waals surface area (Å²) in [5, 5.41) is 8.93. The minimum atomic E-state index is -0.586. The lowest BCUT2D eigenvalue weighted by atomic mass is 10.2. The Morgan fingerprint density at radius 1 is 1.38 bits per heavy atom. The van der Waals surface area contributed by atoms with Gasteiger partial charge in [0.05, 0.1) is 0 Å². The van der Waals surface area contributed by atoms with Gasteiger partial charge in [0.2, 0.25) is 6.29 Å². The fraction of sp³-hybridized carbons (Fsp3) is 0.778. The molecule has 1 N–H and O–H groups in total. The topological polar surface area (TPSA) is 47.9 Å². The van der Waals surface area contributed by atoms with Gasteiger partial charge >= 0.3 is 0 Å². The van der Waals surface area contributed by atoms with Gasteiger partial charge in [-0.15, -0.1) is 0 Å². The second-order valence-corrected chi connectivity index (χ2v) is 3.81. The molecule has 2 aliphatic heterocycles. The van der Waals surface area contributed by atoms with E-state index in [1.54, 1.807) is 0 Å². The van der Waals surface area contributed by atoms with E-state index in [9.17, 15) is 0 Å². The lowest BCUT2D eigenvalue weighted by molar-refractivity contribution is -0.183. The number of hydrogen-bond donors (Lipinski definition) is 1. The van der Waals surface area contributed by atoms with Gasteiger partial charge in [-0.1, -0.05) is 0 Å². The SMILES string of the molecule is CC1=C(CO)OC2OC(C)(C)OC12. The zero-order valence-electron chi connectivity index (χ0n) is 8.03. The fourth-order valence-corrected chi connectivity index (χ4v) is 1.66. The summed E-state index contributed by atoms with van der Waals surface area (Å²) >= 11 is 0. The fourth-order valence-electron chi connectivity index (χ4n) is 1.66. The van der Waals surface area contributed by atoms with Crippen molar-refractivity contribution in [3.05, 3.63) is 11.3 Å². The molecule has 13 heavy (non-hydrogen) atoms. The smallest absolute Gasteiger partial charge is 0.232 e. The molecule has 0 aliphatic carbocycles. The lowest BCUT2D eigenvalue weighted by Gasteiger charge is -2.18. The van der Waals surface area contributed by atoms with Crippen molar-refractivity contribution in [3.63, 3.8) is 0 Å². The quantitative estimate of drug-likeness (QED) is 0.656. The Hall–Kier alpha value is -0.580. The first-order valence-electron chi connectivity index (χ1n) is 4.36. The normalized spacial score (nSPS) is 36.3. The summed E-state index contributed by atoms with van der Waals surface area (Å²) in [6.07, 6.45) is -0.533. The van der Waals surface area contributed by atoms with Gasteiger partial charge in [0.1, 0.15) is 18.5 Å². The average molecular weight is 186 g/mol. The molecule has 1 saturated heterocycles. The zero-order valence-corrected chi connectivity index (χ0v) is 8.03. The molecule has 0 saturated carbocycles. The van der Waals surface area contributed by atoms with E-state index in [0.717, 1.165) is 5.57 Å². The Balaban J connectivity index is 2.18. The highest BCUT2D eigenvalue weighted by Gasteiger charge is 2.48. The maximum absolute atomic E-state index is 8.93. The summed E-state index contributed by atoms with van der Waals surface area (Å²) in [5.74, 6) is -0.0112. The highest BCUT2D eigenvalue weighted by atomic mass is 16.8. The van der Waals surface area contributed by atoms with Gasteiger partial charge in [-0.05, 0) is 20.8 Å². The number of ether oxygens (including phenoxy) is 3. The molecule has 2 aliphatic rings. The molecule has 0 bridgehead atoms. The number of aliphatic hydroxyl groups excluding tert-OH is 1. The molecule has 74 valence electrons. The van der Waals surface area contributed by atoms with Crippen molar-refractivity contribution in [1.29, 1.82) is 0 Å². The molecule has 2 rings (SSSR count). The molecule has 0 amide bonds. The van der Waals surface area contributed by atoms with E-state index in [2.05, 4.69) is 0 Å². The lowest BCUT2D eigenvalue weighted by Crippen LogP contribution is -2.22. The summed E-state index contributed by atoms with van der Waals surface area (Å²) in [7, 11) is 0. The molecular formula is C9H14O4. The third-order valence-electron chi connectivity index (χ3n) is 2.33. The zero-order chi connectivity index (χ0) is 9.64. The minimum Gasteiger partial charge on any atom is -0.463 e. The maximum atomic E-state index is 8.93. The van der Waals surface area contributed by atoms with E-state index in [1.807, 2.05) is 20.8 Å². The minimum absolute atomic E-state index is 0.0913. The summed E-state index contributed by atoms with van der Waals surface area (Å²) in [6, 6.07) is 0. The monoisotopic (exact) mass is 186 g/mol.